The normalized spacial score (nSPS) is 18.0. The number of carbonyl (C=O) groups is 1. The van der Waals surface area contributed by atoms with Crippen LogP contribution in [0.1, 0.15) is 18.9 Å². The van der Waals surface area contributed by atoms with Gasteiger partial charge in [-0.3, -0.25) is 10.1 Å². The fourth-order valence-electron chi connectivity index (χ4n) is 1.69. The molecule has 2 N–H and O–H groups in total. The Hall–Kier alpha value is -2.14. The number of nitrogens with zero attached hydrogens (tertiary/aromatic N) is 2. The molecular weight excluding hydrogens is 276 g/mol. The SMILES string of the molecule is C=C(C)CC1N=C(N/N=C/c2ccc(Cl)cc2)NC1=O. The minimum Gasteiger partial charge on any atom is -0.293 e. The summed E-state index contributed by atoms with van der Waals surface area (Å²) in [4.78, 5) is 15.8. The van der Waals surface area contributed by atoms with Crippen molar-refractivity contribution in [3.8, 4) is 0 Å². The number of benzene rings is 1. The first-order chi connectivity index (χ1) is 9.54. The van der Waals surface area contributed by atoms with Crippen LogP contribution in [-0.4, -0.2) is 24.1 Å². The number of hydrogen-bond donors (Lipinski definition) is 2. The lowest BCUT2D eigenvalue weighted by molar-refractivity contribution is -0.120. The number of rotatable bonds is 4. The van der Waals surface area contributed by atoms with Crippen LogP contribution >= 0.6 is 11.6 Å². The van der Waals surface area contributed by atoms with Crippen molar-refractivity contribution in [2.75, 3.05) is 0 Å². The zero-order chi connectivity index (χ0) is 14.5. The molecule has 1 aromatic rings. The third-order valence-electron chi connectivity index (χ3n) is 2.63. The number of aliphatic imine (C=N–C) groups is 1. The fourth-order valence-corrected chi connectivity index (χ4v) is 1.81. The average Bonchev–Trinajstić information content (AvgIpc) is 2.72. The average molecular weight is 291 g/mol. The number of amides is 1. The van der Waals surface area contributed by atoms with E-state index in [1.165, 1.54) is 0 Å². The standard InChI is InChI=1S/C14H15ClN4O/c1-9(2)7-12-13(20)18-14(17-12)19-16-8-10-3-5-11(15)6-4-10/h3-6,8,12H,1,7H2,2H3,(H2,17,18,19,20)/b16-8+. The number of halogens is 1. The van der Waals surface area contributed by atoms with Crippen LogP contribution < -0.4 is 10.7 Å². The van der Waals surface area contributed by atoms with Crippen LogP contribution in [0.25, 0.3) is 0 Å². The van der Waals surface area contributed by atoms with Gasteiger partial charge in [-0.05, 0) is 31.0 Å². The van der Waals surface area contributed by atoms with Crippen LogP contribution in [0.2, 0.25) is 5.02 Å². The molecule has 1 aliphatic heterocycles. The molecule has 5 nitrogen and oxygen atoms in total. The fraction of sp³-hybridized carbons (Fsp3) is 0.214. The van der Waals surface area contributed by atoms with Gasteiger partial charge in [0, 0.05) is 5.02 Å². The summed E-state index contributed by atoms with van der Waals surface area (Å²) in [6.45, 7) is 5.64. The smallest absolute Gasteiger partial charge is 0.251 e. The third kappa shape index (κ3) is 3.93. The second-order valence-corrected chi connectivity index (χ2v) is 5.00. The molecule has 20 heavy (non-hydrogen) atoms. The van der Waals surface area contributed by atoms with Crippen molar-refractivity contribution < 1.29 is 4.79 Å². The number of nitrogens with one attached hydrogen (secondary N) is 2. The Morgan fingerprint density at radius 3 is 2.90 bits per heavy atom. The summed E-state index contributed by atoms with van der Waals surface area (Å²) in [6, 6.07) is 6.82. The van der Waals surface area contributed by atoms with Crippen LogP contribution in [0.4, 0.5) is 0 Å². The number of carbonyl (C=O) groups excluding carboxylic acids is 1. The van der Waals surface area contributed by atoms with Gasteiger partial charge in [-0.1, -0.05) is 29.3 Å². The topological polar surface area (TPSA) is 65.8 Å². The molecule has 0 bridgehead atoms. The van der Waals surface area contributed by atoms with E-state index in [2.05, 4.69) is 27.4 Å². The Kier molecular flexibility index (Phi) is 4.53. The van der Waals surface area contributed by atoms with Gasteiger partial charge in [0.2, 0.25) is 5.96 Å². The van der Waals surface area contributed by atoms with Gasteiger partial charge in [-0.25, -0.2) is 10.4 Å². The van der Waals surface area contributed by atoms with E-state index in [0.29, 0.717) is 17.4 Å². The molecular formula is C14H15ClN4O. The second-order valence-electron chi connectivity index (χ2n) is 4.57. The summed E-state index contributed by atoms with van der Waals surface area (Å²) >= 11 is 5.79. The van der Waals surface area contributed by atoms with Crippen molar-refractivity contribution in [3.05, 3.63) is 47.0 Å². The van der Waals surface area contributed by atoms with E-state index in [1.807, 2.05) is 19.1 Å². The monoisotopic (exact) mass is 290 g/mol. The highest BCUT2D eigenvalue weighted by Gasteiger charge is 2.25. The van der Waals surface area contributed by atoms with Crippen molar-refractivity contribution in [2.24, 2.45) is 10.1 Å². The lowest BCUT2D eigenvalue weighted by Gasteiger charge is -2.01. The van der Waals surface area contributed by atoms with E-state index < -0.39 is 6.04 Å². The Balaban J connectivity index is 1.92. The summed E-state index contributed by atoms with van der Waals surface area (Å²) in [5, 5.41) is 7.32. The van der Waals surface area contributed by atoms with Gasteiger partial charge in [0.05, 0.1) is 6.21 Å². The Bertz CT molecular complexity index is 577. The third-order valence-corrected chi connectivity index (χ3v) is 2.88. The number of hydrogen-bond acceptors (Lipinski definition) is 4. The van der Waals surface area contributed by atoms with Gasteiger partial charge < -0.3 is 0 Å². The molecule has 1 amide bonds. The van der Waals surface area contributed by atoms with Gasteiger partial charge in [0.25, 0.3) is 5.91 Å². The molecule has 0 spiro atoms. The first kappa shape index (κ1) is 14.3. The number of guanidine groups is 1. The predicted octanol–water partition coefficient (Wildman–Crippen LogP) is 2.08. The molecule has 104 valence electrons. The van der Waals surface area contributed by atoms with E-state index in [0.717, 1.165) is 11.1 Å². The molecule has 1 aromatic carbocycles. The Morgan fingerprint density at radius 2 is 2.25 bits per heavy atom. The van der Waals surface area contributed by atoms with Gasteiger partial charge >= 0.3 is 0 Å². The van der Waals surface area contributed by atoms with E-state index in [-0.39, 0.29) is 5.91 Å². The van der Waals surface area contributed by atoms with Crippen molar-refractivity contribution in [1.29, 1.82) is 0 Å². The largest absolute Gasteiger partial charge is 0.293 e. The minimum atomic E-state index is -0.416. The minimum absolute atomic E-state index is 0.141. The zero-order valence-corrected chi connectivity index (χ0v) is 11.8. The maximum atomic E-state index is 11.6. The highest BCUT2D eigenvalue weighted by molar-refractivity contribution is 6.30. The molecule has 0 radical (unpaired) electrons. The van der Waals surface area contributed by atoms with Crippen LogP contribution in [0, 0.1) is 0 Å². The van der Waals surface area contributed by atoms with Gasteiger partial charge in [-0.2, -0.15) is 5.10 Å². The maximum Gasteiger partial charge on any atom is 0.251 e. The molecule has 1 unspecified atom stereocenters. The summed E-state index contributed by atoms with van der Waals surface area (Å²) < 4.78 is 0. The molecule has 0 fully saturated rings. The molecule has 0 aliphatic carbocycles. The van der Waals surface area contributed by atoms with Crippen molar-refractivity contribution in [3.63, 3.8) is 0 Å². The lowest BCUT2D eigenvalue weighted by Crippen LogP contribution is -2.35. The predicted molar refractivity (Wildman–Crippen MR) is 81.0 cm³/mol. The van der Waals surface area contributed by atoms with Gasteiger partial charge in [0.15, 0.2) is 0 Å². The second kappa shape index (κ2) is 6.34. The molecule has 1 atom stereocenters. The van der Waals surface area contributed by atoms with Crippen LogP contribution in [0.3, 0.4) is 0 Å². The molecule has 1 heterocycles. The molecule has 0 saturated heterocycles. The summed E-state index contributed by atoms with van der Waals surface area (Å²) in [5.41, 5.74) is 4.51. The van der Waals surface area contributed by atoms with Gasteiger partial charge in [0.1, 0.15) is 6.04 Å². The lowest BCUT2D eigenvalue weighted by atomic mass is 10.1. The molecule has 6 heteroatoms. The summed E-state index contributed by atoms with van der Waals surface area (Å²) in [6.07, 6.45) is 2.16. The maximum absolute atomic E-state index is 11.6. The quantitative estimate of drug-likeness (QED) is 0.506. The Labute approximate surface area is 122 Å². The zero-order valence-electron chi connectivity index (χ0n) is 11.1. The first-order valence-corrected chi connectivity index (χ1v) is 6.50. The van der Waals surface area contributed by atoms with Crippen molar-refractivity contribution in [2.45, 2.75) is 19.4 Å². The summed E-state index contributed by atoms with van der Waals surface area (Å²) in [5.74, 6) is 0.212. The van der Waals surface area contributed by atoms with Gasteiger partial charge in [-0.15, -0.1) is 6.58 Å². The first-order valence-electron chi connectivity index (χ1n) is 6.12. The highest BCUT2D eigenvalue weighted by Crippen LogP contribution is 2.10. The molecule has 0 aromatic heterocycles. The van der Waals surface area contributed by atoms with Crippen molar-refractivity contribution in [1.82, 2.24) is 10.7 Å². The molecule has 1 aliphatic rings. The molecule has 0 saturated carbocycles. The van der Waals surface area contributed by atoms with Crippen LogP contribution in [0.5, 0.6) is 0 Å². The van der Waals surface area contributed by atoms with E-state index >= 15 is 0 Å². The van der Waals surface area contributed by atoms with E-state index in [1.54, 1.807) is 18.3 Å². The van der Waals surface area contributed by atoms with E-state index in [9.17, 15) is 4.79 Å². The van der Waals surface area contributed by atoms with Crippen molar-refractivity contribution >= 4 is 29.7 Å². The Morgan fingerprint density at radius 1 is 1.55 bits per heavy atom. The van der Waals surface area contributed by atoms with Crippen LogP contribution in [0.15, 0.2) is 46.5 Å². The molecule has 2 rings (SSSR count). The van der Waals surface area contributed by atoms with Crippen LogP contribution in [-0.2, 0) is 4.79 Å². The highest BCUT2D eigenvalue weighted by atomic mass is 35.5. The summed E-state index contributed by atoms with van der Waals surface area (Å²) in [7, 11) is 0. The number of hydrazone groups is 1. The van der Waals surface area contributed by atoms with E-state index in [4.69, 9.17) is 11.6 Å².